The smallest absolute Gasteiger partial charge is 0.319 e. The van der Waals surface area contributed by atoms with Crippen molar-refractivity contribution in [2.75, 3.05) is 11.9 Å². The molecule has 1 aliphatic heterocycles. The highest BCUT2D eigenvalue weighted by Gasteiger charge is 2.11. The number of primary amides is 1. The van der Waals surface area contributed by atoms with E-state index in [1.165, 1.54) is 0 Å². The molecule has 2 amide bonds. The van der Waals surface area contributed by atoms with Crippen molar-refractivity contribution in [3.63, 3.8) is 0 Å². The van der Waals surface area contributed by atoms with E-state index in [9.17, 15) is 4.79 Å². The Morgan fingerprint density at radius 2 is 2.40 bits per heavy atom. The number of rotatable bonds is 1. The summed E-state index contributed by atoms with van der Waals surface area (Å²) in [6.07, 6.45) is 2.56. The number of hydrogen-bond acceptors (Lipinski definition) is 4. The van der Waals surface area contributed by atoms with E-state index in [0.717, 1.165) is 30.8 Å². The van der Waals surface area contributed by atoms with E-state index >= 15 is 0 Å². The summed E-state index contributed by atoms with van der Waals surface area (Å²) < 4.78 is 0. The molecular formula is C8H12ClN5O. The van der Waals surface area contributed by atoms with Crippen LogP contribution in [0.1, 0.15) is 11.3 Å². The van der Waals surface area contributed by atoms with Crippen molar-refractivity contribution < 1.29 is 4.79 Å². The summed E-state index contributed by atoms with van der Waals surface area (Å²) in [7, 11) is 0. The van der Waals surface area contributed by atoms with Gasteiger partial charge in [-0.2, -0.15) is 0 Å². The summed E-state index contributed by atoms with van der Waals surface area (Å²) in [5.41, 5.74) is 7.01. The molecule has 0 unspecified atom stereocenters. The number of amides is 2. The fraction of sp³-hybridized carbons (Fsp3) is 0.375. The first kappa shape index (κ1) is 11.7. The van der Waals surface area contributed by atoms with Crippen LogP contribution in [0, 0.1) is 0 Å². The van der Waals surface area contributed by atoms with Crippen molar-refractivity contribution in [1.29, 1.82) is 0 Å². The second-order valence-electron chi connectivity index (χ2n) is 3.08. The molecule has 82 valence electrons. The summed E-state index contributed by atoms with van der Waals surface area (Å²) in [4.78, 5) is 18.7. The Balaban J connectivity index is 0.00000112. The number of nitrogens with one attached hydrogen (secondary N) is 2. The second-order valence-corrected chi connectivity index (χ2v) is 3.08. The van der Waals surface area contributed by atoms with E-state index in [1.54, 1.807) is 6.20 Å². The minimum absolute atomic E-state index is 0. The predicted octanol–water partition coefficient (Wildman–Crippen LogP) is 0.0347. The molecule has 15 heavy (non-hydrogen) atoms. The van der Waals surface area contributed by atoms with Gasteiger partial charge in [-0.15, -0.1) is 12.4 Å². The van der Waals surface area contributed by atoms with Crippen LogP contribution in [-0.4, -0.2) is 22.5 Å². The zero-order valence-corrected chi connectivity index (χ0v) is 8.80. The molecule has 0 radical (unpaired) electrons. The topological polar surface area (TPSA) is 92.9 Å². The molecule has 0 atom stereocenters. The molecule has 1 aliphatic rings. The summed E-state index contributed by atoms with van der Waals surface area (Å²) in [5.74, 6) is 0.276. The van der Waals surface area contributed by atoms with Gasteiger partial charge in [0, 0.05) is 31.3 Å². The van der Waals surface area contributed by atoms with Crippen LogP contribution in [0.4, 0.5) is 10.7 Å². The van der Waals surface area contributed by atoms with Crippen molar-refractivity contribution in [3.8, 4) is 0 Å². The summed E-state index contributed by atoms with van der Waals surface area (Å²) in [6.45, 7) is 1.69. The highest BCUT2D eigenvalue weighted by molar-refractivity contribution is 5.85. The van der Waals surface area contributed by atoms with Gasteiger partial charge in [-0.25, -0.2) is 14.8 Å². The average molecular weight is 230 g/mol. The van der Waals surface area contributed by atoms with Gasteiger partial charge in [-0.1, -0.05) is 0 Å². The van der Waals surface area contributed by atoms with Crippen molar-refractivity contribution in [3.05, 3.63) is 17.5 Å². The van der Waals surface area contributed by atoms with Gasteiger partial charge in [-0.05, 0) is 0 Å². The van der Waals surface area contributed by atoms with E-state index in [2.05, 4.69) is 20.6 Å². The largest absolute Gasteiger partial charge is 0.351 e. The number of fused-ring (bicyclic) bond motifs is 1. The zero-order valence-electron chi connectivity index (χ0n) is 7.99. The first-order valence-electron chi connectivity index (χ1n) is 4.37. The number of urea groups is 1. The van der Waals surface area contributed by atoms with E-state index < -0.39 is 6.03 Å². The molecule has 0 saturated carbocycles. The number of carbonyl (C=O) groups excluding carboxylic acids is 1. The molecule has 7 heteroatoms. The lowest BCUT2D eigenvalue weighted by atomic mass is 10.1. The third-order valence-corrected chi connectivity index (χ3v) is 2.04. The number of anilines is 1. The maximum Gasteiger partial charge on any atom is 0.319 e. The van der Waals surface area contributed by atoms with Crippen molar-refractivity contribution in [2.45, 2.75) is 13.0 Å². The van der Waals surface area contributed by atoms with Gasteiger partial charge in [0.25, 0.3) is 0 Å². The zero-order chi connectivity index (χ0) is 9.97. The molecule has 0 aliphatic carbocycles. The molecule has 1 aromatic rings. The monoisotopic (exact) mass is 229 g/mol. The summed E-state index contributed by atoms with van der Waals surface area (Å²) in [6, 6.07) is -0.640. The van der Waals surface area contributed by atoms with Crippen molar-refractivity contribution >= 4 is 24.4 Å². The van der Waals surface area contributed by atoms with Crippen LogP contribution in [0.15, 0.2) is 6.20 Å². The van der Waals surface area contributed by atoms with Gasteiger partial charge >= 0.3 is 6.03 Å². The quantitative estimate of drug-likeness (QED) is 0.634. The first-order valence-corrected chi connectivity index (χ1v) is 4.37. The third kappa shape index (κ3) is 2.77. The van der Waals surface area contributed by atoms with Crippen LogP contribution in [0.5, 0.6) is 0 Å². The van der Waals surface area contributed by atoms with E-state index in [0.29, 0.717) is 0 Å². The number of nitrogens with zero attached hydrogens (tertiary/aromatic N) is 2. The van der Waals surface area contributed by atoms with Crippen LogP contribution >= 0.6 is 12.4 Å². The van der Waals surface area contributed by atoms with Crippen molar-refractivity contribution in [2.24, 2.45) is 5.73 Å². The fourth-order valence-electron chi connectivity index (χ4n) is 1.41. The minimum atomic E-state index is -0.640. The number of halogens is 1. The maximum atomic E-state index is 10.6. The molecular weight excluding hydrogens is 218 g/mol. The molecule has 0 fully saturated rings. The van der Waals surface area contributed by atoms with Crippen LogP contribution in [-0.2, 0) is 13.0 Å². The van der Waals surface area contributed by atoms with Gasteiger partial charge in [-0.3, -0.25) is 5.32 Å². The molecule has 0 saturated heterocycles. The number of hydrogen-bond donors (Lipinski definition) is 3. The van der Waals surface area contributed by atoms with Crippen molar-refractivity contribution in [1.82, 2.24) is 15.3 Å². The normalized spacial score (nSPS) is 13.6. The molecule has 4 N–H and O–H groups in total. The Hall–Kier alpha value is -1.40. The molecule has 0 spiro atoms. The SMILES string of the molecule is Cl.NC(=O)Nc1ncc2c(n1)CCNC2. The highest BCUT2D eigenvalue weighted by atomic mass is 35.5. The van der Waals surface area contributed by atoms with Crippen LogP contribution in [0.2, 0.25) is 0 Å². The standard InChI is InChI=1S/C8H11N5O.ClH/c9-7(14)13-8-11-4-5-3-10-2-1-6(5)12-8;/h4,10H,1-3H2,(H3,9,11,12,13,14);1H. The number of carbonyl (C=O) groups is 1. The van der Waals surface area contributed by atoms with Gasteiger partial charge < -0.3 is 11.1 Å². The highest BCUT2D eigenvalue weighted by Crippen LogP contribution is 2.11. The molecule has 0 aromatic carbocycles. The average Bonchev–Trinajstić information content (AvgIpc) is 2.17. The van der Waals surface area contributed by atoms with Gasteiger partial charge in [0.05, 0.1) is 5.69 Å². The Bertz CT molecular complexity index is 370. The minimum Gasteiger partial charge on any atom is -0.351 e. The van der Waals surface area contributed by atoms with E-state index in [-0.39, 0.29) is 18.4 Å². The fourth-order valence-corrected chi connectivity index (χ4v) is 1.41. The molecule has 2 heterocycles. The molecule has 2 rings (SSSR count). The van der Waals surface area contributed by atoms with Gasteiger partial charge in [0.1, 0.15) is 0 Å². The van der Waals surface area contributed by atoms with Gasteiger partial charge in [0.2, 0.25) is 5.95 Å². The second kappa shape index (κ2) is 4.90. The number of aromatic nitrogens is 2. The summed E-state index contributed by atoms with van der Waals surface area (Å²) >= 11 is 0. The molecule has 1 aromatic heterocycles. The lowest BCUT2D eigenvalue weighted by molar-refractivity contribution is 0.259. The van der Waals surface area contributed by atoms with Crippen LogP contribution in [0.25, 0.3) is 0 Å². The maximum absolute atomic E-state index is 10.6. The lowest BCUT2D eigenvalue weighted by Crippen LogP contribution is -2.26. The number of nitrogens with two attached hydrogens (primary N) is 1. The van der Waals surface area contributed by atoms with Gasteiger partial charge in [0.15, 0.2) is 0 Å². The van der Waals surface area contributed by atoms with E-state index in [1.807, 2.05) is 0 Å². The molecule has 0 bridgehead atoms. The van der Waals surface area contributed by atoms with Crippen LogP contribution < -0.4 is 16.4 Å². The predicted molar refractivity (Wildman–Crippen MR) is 57.9 cm³/mol. The first-order chi connectivity index (χ1) is 6.75. The third-order valence-electron chi connectivity index (χ3n) is 2.04. The lowest BCUT2D eigenvalue weighted by Gasteiger charge is -2.15. The summed E-state index contributed by atoms with van der Waals surface area (Å²) in [5, 5.41) is 5.56. The Kier molecular flexibility index (Phi) is 3.81. The van der Waals surface area contributed by atoms with E-state index in [4.69, 9.17) is 5.73 Å². The molecule has 6 nitrogen and oxygen atoms in total. The van der Waals surface area contributed by atoms with Crippen LogP contribution in [0.3, 0.4) is 0 Å². The Morgan fingerprint density at radius 1 is 1.60 bits per heavy atom. The Labute approximate surface area is 93.1 Å². The Morgan fingerprint density at radius 3 is 3.13 bits per heavy atom.